The van der Waals surface area contributed by atoms with Gasteiger partial charge in [-0.25, -0.2) is 8.78 Å². The number of hydrogen-bond acceptors (Lipinski definition) is 4. The summed E-state index contributed by atoms with van der Waals surface area (Å²) in [5.41, 5.74) is 0.545. The molecular formula is C18H12Cl2F2N4O. The lowest BCUT2D eigenvalue weighted by atomic mass is 9.98. The summed E-state index contributed by atoms with van der Waals surface area (Å²) >= 11 is 12.6. The van der Waals surface area contributed by atoms with E-state index in [1.165, 1.54) is 13.2 Å². The molecule has 0 fully saturated rings. The lowest BCUT2D eigenvalue weighted by molar-refractivity contribution is 0.383. The summed E-state index contributed by atoms with van der Waals surface area (Å²) in [5, 5.41) is 8.51. The van der Waals surface area contributed by atoms with Crippen LogP contribution in [0.2, 0.25) is 10.0 Å². The number of methoxy groups -OCH3 is 1. The molecule has 0 saturated carbocycles. The zero-order valence-electron chi connectivity index (χ0n) is 14.2. The van der Waals surface area contributed by atoms with Crippen molar-refractivity contribution in [2.24, 2.45) is 4.99 Å². The molecule has 4 rings (SSSR count). The third-order valence-corrected chi connectivity index (χ3v) is 5.14. The Morgan fingerprint density at radius 2 is 1.85 bits per heavy atom. The van der Waals surface area contributed by atoms with Crippen LogP contribution in [0.5, 0.6) is 5.75 Å². The average molecular weight is 409 g/mol. The second kappa shape index (κ2) is 6.58. The summed E-state index contributed by atoms with van der Waals surface area (Å²) in [7, 11) is 1.30. The average Bonchev–Trinajstić information content (AvgIpc) is 2.92. The number of aliphatic imine (C=N–C) groups is 1. The Kier molecular flexibility index (Phi) is 4.36. The SMILES string of the molecule is COc1ccc(F)c(C2=NCc3nnc(C)n3-c3ccc(Cl)c(Cl)c32)c1F. The molecule has 27 heavy (non-hydrogen) atoms. The van der Waals surface area contributed by atoms with E-state index in [9.17, 15) is 8.78 Å². The number of rotatable bonds is 2. The number of aromatic nitrogens is 3. The van der Waals surface area contributed by atoms with Crippen LogP contribution in [-0.4, -0.2) is 27.6 Å². The van der Waals surface area contributed by atoms with Crippen LogP contribution >= 0.6 is 23.2 Å². The molecule has 3 aromatic rings. The van der Waals surface area contributed by atoms with Gasteiger partial charge >= 0.3 is 0 Å². The molecule has 0 amide bonds. The molecule has 0 aliphatic carbocycles. The van der Waals surface area contributed by atoms with Crippen molar-refractivity contribution in [3.63, 3.8) is 0 Å². The van der Waals surface area contributed by atoms with E-state index in [0.29, 0.717) is 22.9 Å². The van der Waals surface area contributed by atoms with E-state index >= 15 is 0 Å². The van der Waals surface area contributed by atoms with Gasteiger partial charge in [0.05, 0.1) is 34.1 Å². The Morgan fingerprint density at radius 3 is 2.59 bits per heavy atom. The minimum atomic E-state index is -0.868. The van der Waals surface area contributed by atoms with Crippen LogP contribution in [0, 0.1) is 18.6 Å². The largest absolute Gasteiger partial charge is 0.494 e. The first-order valence-electron chi connectivity index (χ1n) is 7.90. The molecule has 1 aliphatic rings. The lowest BCUT2D eigenvalue weighted by Gasteiger charge is -2.16. The fraction of sp³-hybridized carbons (Fsp3) is 0.167. The minimum absolute atomic E-state index is 0.0382. The summed E-state index contributed by atoms with van der Waals surface area (Å²) in [5.74, 6) is -0.650. The molecule has 138 valence electrons. The normalized spacial score (nSPS) is 12.9. The minimum Gasteiger partial charge on any atom is -0.494 e. The number of nitrogens with zero attached hydrogens (tertiary/aromatic N) is 4. The maximum absolute atomic E-state index is 15.0. The predicted molar refractivity (Wildman–Crippen MR) is 98.4 cm³/mol. The highest BCUT2D eigenvalue weighted by atomic mass is 35.5. The van der Waals surface area contributed by atoms with Gasteiger partial charge in [0.1, 0.15) is 18.2 Å². The maximum Gasteiger partial charge on any atom is 0.177 e. The molecule has 0 saturated heterocycles. The van der Waals surface area contributed by atoms with Crippen molar-refractivity contribution in [1.82, 2.24) is 14.8 Å². The van der Waals surface area contributed by atoms with Crippen LogP contribution in [0.25, 0.3) is 5.69 Å². The van der Waals surface area contributed by atoms with Crippen molar-refractivity contribution in [2.45, 2.75) is 13.5 Å². The molecule has 2 aromatic carbocycles. The molecule has 0 unspecified atom stereocenters. The molecule has 2 heterocycles. The van der Waals surface area contributed by atoms with Crippen LogP contribution in [-0.2, 0) is 6.54 Å². The highest BCUT2D eigenvalue weighted by Gasteiger charge is 2.29. The quantitative estimate of drug-likeness (QED) is 0.626. The van der Waals surface area contributed by atoms with E-state index < -0.39 is 11.6 Å². The highest BCUT2D eigenvalue weighted by molar-refractivity contribution is 6.45. The van der Waals surface area contributed by atoms with Gasteiger partial charge in [-0.1, -0.05) is 23.2 Å². The van der Waals surface area contributed by atoms with Crippen molar-refractivity contribution in [3.05, 3.63) is 68.7 Å². The Bertz CT molecular complexity index is 1110. The van der Waals surface area contributed by atoms with E-state index in [1.54, 1.807) is 23.6 Å². The van der Waals surface area contributed by atoms with Gasteiger partial charge < -0.3 is 4.74 Å². The smallest absolute Gasteiger partial charge is 0.177 e. The zero-order valence-corrected chi connectivity index (χ0v) is 15.7. The number of aryl methyl sites for hydroxylation is 1. The summed E-state index contributed by atoms with van der Waals surface area (Å²) in [6, 6.07) is 5.63. The molecule has 1 aromatic heterocycles. The first-order chi connectivity index (χ1) is 12.9. The van der Waals surface area contributed by atoms with Gasteiger partial charge in [-0.3, -0.25) is 9.56 Å². The van der Waals surface area contributed by atoms with Gasteiger partial charge in [0.2, 0.25) is 0 Å². The first-order valence-corrected chi connectivity index (χ1v) is 8.66. The van der Waals surface area contributed by atoms with Crippen molar-refractivity contribution >= 4 is 28.9 Å². The summed E-state index contributed by atoms with van der Waals surface area (Å²) < 4.78 is 36.3. The van der Waals surface area contributed by atoms with Gasteiger partial charge in [0.15, 0.2) is 17.4 Å². The van der Waals surface area contributed by atoms with Crippen molar-refractivity contribution in [2.75, 3.05) is 7.11 Å². The number of benzene rings is 2. The number of hydrogen-bond donors (Lipinski definition) is 0. The van der Waals surface area contributed by atoms with E-state index in [-0.39, 0.29) is 33.6 Å². The lowest BCUT2D eigenvalue weighted by Crippen LogP contribution is -2.13. The van der Waals surface area contributed by atoms with Crippen LogP contribution < -0.4 is 4.74 Å². The van der Waals surface area contributed by atoms with E-state index in [2.05, 4.69) is 15.2 Å². The second-order valence-electron chi connectivity index (χ2n) is 5.86. The molecule has 0 radical (unpaired) electrons. The van der Waals surface area contributed by atoms with Gasteiger partial charge in [-0.05, 0) is 31.2 Å². The third kappa shape index (κ3) is 2.69. The van der Waals surface area contributed by atoms with Crippen LogP contribution in [0.3, 0.4) is 0 Å². The molecule has 0 atom stereocenters. The van der Waals surface area contributed by atoms with Crippen LogP contribution in [0.4, 0.5) is 8.78 Å². The van der Waals surface area contributed by atoms with E-state index in [0.717, 1.165) is 6.07 Å². The fourth-order valence-electron chi connectivity index (χ4n) is 3.12. The molecule has 0 spiro atoms. The molecule has 1 aliphatic heterocycles. The Morgan fingerprint density at radius 1 is 1.07 bits per heavy atom. The summed E-state index contributed by atoms with van der Waals surface area (Å²) in [6.45, 7) is 1.83. The fourth-order valence-corrected chi connectivity index (χ4v) is 3.52. The zero-order chi connectivity index (χ0) is 19.3. The topological polar surface area (TPSA) is 52.3 Å². The van der Waals surface area contributed by atoms with E-state index in [1.807, 2.05) is 0 Å². The third-order valence-electron chi connectivity index (χ3n) is 4.33. The van der Waals surface area contributed by atoms with Crippen molar-refractivity contribution in [3.8, 4) is 11.4 Å². The van der Waals surface area contributed by atoms with Crippen molar-refractivity contribution in [1.29, 1.82) is 0 Å². The van der Waals surface area contributed by atoms with Gasteiger partial charge in [0.25, 0.3) is 0 Å². The Hall–Kier alpha value is -2.51. The molecular weight excluding hydrogens is 397 g/mol. The molecule has 0 N–H and O–H groups in total. The van der Waals surface area contributed by atoms with Gasteiger partial charge in [0, 0.05) is 5.56 Å². The molecule has 9 heteroatoms. The second-order valence-corrected chi connectivity index (χ2v) is 6.64. The summed E-state index contributed by atoms with van der Waals surface area (Å²) in [6.07, 6.45) is 0. The highest BCUT2D eigenvalue weighted by Crippen LogP contribution is 2.37. The van der Waals surface area contributed by atoms with Gasteiger partial charge in [-0.2, -0.15) is 0 Å². The number of ether oxygens (including phenoxy) is 1. The monoisotopic (exact) mass is 408 g/mol. The van der Waals surface area contributed by atoms with Crippen LogP contribution in [0.15, 0.2) is 29.3 Å². The number of halogens is 4. The predicted octanol–water partition coefficient (Wildman–Crippen LogP) is 4.52. The summed E-state index contributed by atoms with van der Waals surface area (Å²) in [4.78, 5) is 4.40. The van der Waals surface area contributed by atoms with Gasteiger partial charge in [-0.15, -0.1) is 10.2 Å². The van der Waals surface area contributed by atoms with Crippen molar-refractivity contribution < 1.29 is 13.5 Å². The molecule has 5 nitrogen and oxygen atoms in total. The molecule has 0 bridgehead atoms. The standard InChI is InChI=1S/C18H12Cl2F2N4O/c1-8-24-25-13-7-23-18(14-10(21)4-6-12(27-2)17(14)22)15-11(26(8)13)5-3-9(19)16(15)20/h3-6H,7H2,1-2H3. The number of fused-ring (bicyclic) bond motifs is 3. The Balaban J connectivity index is 2.09. The van der Waals surface area contributed by atoms with Crippen LogP contribution in [0.1, 0.15) is 22.8 Å². The Labute approximate surface area is 163 Å². The first kappa shape index (κ1) is 17.9. The van der Waals surface area contributed by atoms with E-state index in [4.69, 9.17) is 27.9 Å². The maximum atomic E-state index is 15.0.